The third-order valence-electron chi connectivity index (χ3n) is 2.17. The van der Waals surface area contributed by atoms with Crippen LogP contribution in [0, 0.1) is 5.92 Å². The van der Waals surface area contributed by atoms with Crippen LogP contribution in [0.15, 0.2) is 0 Å². The molecule has 5 heteroatoms. The van der Waals surface area contributed by atoms with Gasteiger partial charge < -0.3 is 15.0 Å². The molecule has 1 aliphatic carbocycles. The summed E-state index contributed by atoms with van der Waals surface area (Å²) in [5.74, 6) is -2.00. The monoisotopic (exact) mass is 149 g/mol. The summed E-state index contributed by atoms with van der Waals surface area (Å²) in [7, 11) is 6.11. The van der Waals surface area contributed by atoms with Gasteiger partial charge in [-0.2, -0.15) is 0 Å². The molecule has 0 amide bonds. The Bertz CT molecular complexity index is 173. The molecule has 0 aromatic heterocycles. The van der Waals surface area contributed by atoms with Gasteiger partial charge in [0, 0.05) is 13.7 Å². The van der Waals surface area contributed by atoms with Gasteiger partial charge in [-0.05, 0) is 0 Å². The average Bonchev–Trinajstić information content (AvgIpc) is 2.17. The van der Waals surface area contributed by atoms with Crippen LogP contribution >= 0.6 is 0 Å². The van der Waals surface area contributed by atoms with E-state index in [2.05, 4.69) is 0 Å². The third kappa shape index (κ3) is 1.23. The molecule has 57 valence electrons. The van der Waals surface area contributed by atoms with E-state index in [1.165, 1.54) is 6.92 Å². The number of carbonyl (C=O) groups excluding carboxylic acids is 1. The first-order valence-corrected chi connectivity index (χ1v) is 3.50. The van der Waals surface area contributed by atoms with Crippen molar-refractivity contribution in [2.24, 2.45) is 5.92 Å². The molecule has 0 N–H and O–H groups in total. The highest BCUT2D eigenvalue weighted by Crippen LogP contribution is 2.28. The summed E-state index contributed by atoms with van der Waals surface area (Å²) in [5.41, 5.74) is 0. The van der Waals surface area contributed by atoms with Crippen LogP contribution in [-0.4, -0.2) is 32.9 Å². The van der Waals surface area contributed by atoms with Gasteiger partial charge in [-0.15, -0.1) is 6.10 Å². The minimum absolute atomic E-state index is 0.503. The summed E-state index contributed by atoms with van der Waals surface area (Å²) in [4.78, 5) is 10.9. The molecule has 1 rings (SSSR count). The molecular formula is C6H7B2O3-2. The molecule has 0 aliphatic heterocycles. The summed E-state index contributed by atoms with van der Waals surface area (Å²) in [6, 6.07) is 0. The first-order chi connectivity index (χ1) is 5.09. The molecular weight excluding hydrogens is 142 g/mol. The minimum Gasteiger partial charge on any atom is -0.852 e. The van der Waals surface area contributed by atoms with Crippen molar-refractivity contribution in [2.45, 2.75) is 24.9 Å². The van der Waals surface area contributed by atoms with Gasteiger partial charge in [0.05, 0.1) is 7.17 Å². The average molecular weight is 149 g/mol. The Morgan fingerprint density at radius 3 is 2.27 bits per heavy atom. The molecule has 1 aliphatic rings. The Hall–Kier alpha value is -0.280. The Morgan fingerprint density at radius 1 is 1.55 bits per heavy atom. The fourth-order valence-electron chi connectivity index (χ4n) is 1.33. The van der Waals surface area contributed by atoms with Gasteiger partial charge in [-0.25, -0.2) is 0 Å². The zero-order valence-electron chi connectivity index (χ0n) is 6.19. The Morgan fingerprint density at radius 2 is 2.09 bits per heavy atom. The number of rotatable bonds is 1. The summed E-state index contributed by atoms with van der Waals surface area (Å²) >= 11 is 0. The van der Waals surface area contributed by atoms with Gasteiger partial charge in [0.25, 0.3) is 0 Å². The van der Waals surface area contributed by atoms with Gasteiger partial charge in [0.1, 0.15) is 5.78 Å². The first kappa shape index (κ1) is 8.81. The van der Waals surface area contributed by atoms with Crippen LogP contribution < -0.4 is 10.2 Å². The second-order valence-corrected chi connectivity index (χ2v) is 2.85. The van der Waals surface area contributed by atoms with Gasteiger partial charge in [-0.1, -0.05) is 18.8 Å². The van der Waals surface area contributed by atoms with Crippen molar-refractivity contribution in [3.8, 4) is 0 Å². The predicted octanol–water partition coefficient (Wildman–Crippen LogP) is -2.76. The van der Waals surface area contributed by atoms with E-state index in [0.717, 1.165) is 7.17 Å². The molecule has 0 saturated heterocycles. The summed E-state index contributed by atoms with van der Waals surface area (Å²) in [6.45, 7) is 1.48. The molecule has 0 heterocycles. The maximum atomic E-state index is 11.1. The molecule has 0 spiro atoms. The number of Topliss-reactive ketones (excluding diaryl/α,β-unsaturated/α-hetero) is 1. The van der Waals surface area contributed by atoms with Crippen molar-refractivity contribution in [1.29, 1.82) is 0 Å². The van der Waals surface area contributed by atoms with E-state index in [0.29, 0.717) is 0 Å². The van der Waals surface area contributed by atoms with Crippen molar-refractivity contribution in [3.63, 3.8) is 0 Å². The van der Waals surface area contributed by atoms with Crippen LogP contribution in [0.1, 0.15) is 6.92 Å². The highest BCUT2D eigenvalue weighted by molar-refractivity contribution is 6.90. The van der Waals surface area contributed by atoms with E-state index >= 15 is 0 Å². The van der Waals surface area contributed by atoms with Gasteiger partial charge in [-0.3, -0.25) is 0 Å². The fraction of sp³-hybridized carbons (Fsp3) is 0.833. The molecule has 4 atom stereocenters. The van der Waals surface area contributed by atoms with Crippen LogP contribution in [0.3, 0.4) is 0 Å². The summed E-state index contributed by atoms with van der Waals surface area (Å²) in [6.07, 6.45) is -2.58. The normalized spacial score (nSPS) is 44.5. The molecule has 0 aromatic rings. The lowest BCUT2D eigenvalue weighted by Gasteiger charge is -2.31. The molecule has 0 bridgehead atoms. The number of hydrogen-bond donors (Lipinski definition) is 0. The van der Waals surface area contributed by atoms with E-state index in [9.17, 15) is 15.0 Å². The van der Waals surface area contributed by atoms with Gasteiger partial charge >= 0.3 is 0 Å². The third-order valence-corrected chi connectivity index (χ3v) is 2.17. The smallest absolute Gasteiger partial charge is 0.120 e. The van der Waals surface area contributed by atoms with Gasteiger partial charge in [0.2, 0.25) is 0 Å². The first-order valence-electron chi connectivity index (χ1n) is 3.50. The van der Waals surface area contributed by atoms with E-state index in [1.54, 1.807) is 0 Å². The Balaban J connectivity index is 2.77. The lowest BCUT2D eigenvalue weighted by Crippen LogP contribution is -2.40. The Labute approximate surface area is 67.4 Å². The van der Waals surface area contributed by atoms with Crippen molar-refractivity contribution in [3.05, 3.63) is 0 Å². The standard InChI is InChI=1S/C6H7B2O3/c1-2-4(9)3(8-7)6(11)5(2)10/h2-4,6H,1H3/q-2. The lowest BCUT2D eigenvalue weighted by molar-refractivity contribution is -0.445. The quantitative estimate of drug-likeness (QED) is 0.379. The topological polar surface area (TPSA) is 63.2 Å². The van der Waals surface area contributed by atoms with E-state index in [1.807, 2.05) is 0 Å². The Kier molecular flexibility index (Phi) is 2.40. The maximum Gasteiger partial charge on any atom is 0.120 e. The van der Waals surface area contributed by atoms with Gasteiger partial charge in [0.15, 0.2) is 0 Å². The molecule has 0 aromatic carbocycles. The van der Waals surface area contributed by atoms with Crippen LogP contribution in [0.2, 0.25) is 5.82 Å². The van der Waals surface area contributed by atoms with Crippen molar-refractivity contribution >= 4 is 20.7 Å². The molecule has 1 fully saturated rings. The SMILES string of the molecule is [B][B]C1C([O-])C(=O)C(C)C1[O-]. The zero-order chi connectivity index (χ0) is 8.59. The van der Waals surface area contributed by atoms with Crippen molar-refractivity contribution < 1.29 is 15.0 Å². The highest BCUT2D eigenvalue weighted by Gasteiger charge is 2.33. The molecule has 3 radical (unpaired) electrons. The van der Waals surface area contributed by atoms with Crippen LogP contribution in [0.25, 0.3) is 0 Å². The lowest BCUT2D eigenvalue weighted by atomic mass is 9.45. The largest absolute Gasteiger partial charge is 0.852 e. The summed E-state index contributed by atoms with van der Waals surface area (Å²) in [5, 5.41) is 22.1. The molecule has 1 saturated carbocycles. The second kappa shape index (κ2) is 2.99. The summed E-state index contributed by atoms with van der Waals surface area (Å²) < 4.78 is 0. The minimum atomic E-state index is -1.43. The second-order valence-electron chi connectivity index (χ2n) is 2.85. The van der Waals surface area contributed by atoms with E-state index in [-0.39, 0.29) is 0 Å². The molecule has 4 unspecified atom stereocenters. The predicted molar refractivity (Wildman–Crippen MR) is 37.0 cm³/mol. The molecule has 11 heavy (non-hydrogen) atoms. The fourth-order valence-corrected chi connectivity index (χ4v) is 1.33. The van der Waals surface area contributed by atoms with Crippen molar-refractivity contribution in [1.82, 2.24) is 0 Å². The van der Waals surface area contributed by atoms with Crippen LogP contribution in [-0.2, 0) is 4.79 Å². The maximum absolute atomic E-state index is 11.1. The van der Waals surface area contributed by atoms with Crippen LogP contribution in [0.5, 0.6) is 0 Å². The van der Waals surface area contributed by atoms with Crippen molar-refractivity contribution in [2.75, 3.05) is 0 Å². The van der Waals surface area contributed by atoms with E-state index in [4.69, 9.17) is 7.74 Å². The van der Waals surface area contributed by atoms with E-state index < -0.39 is 29.7 Å². The highest BCUT2D eigenvalue weighted by atomic mass is 16.3. The zero-order valence-corrected chi connectivity index (χ0v) is 6.19. The number of ketones is 1. The van der Waals surface area contributed by atoms with Crippen LogP contribution in [0.4, 0.5) is 0 Å². The number of hydrogen-bond acceptors (Lipinski definition) is 3. The molecule has 3 nitrogen and oxygen atoms in total. The number of carbonyl (C=O) groups is 1.